The molecule has 1 amide bonds. The molecule has 0 aliphatic carbocycles. The molecule has 0 aliphatic heterocycles. The Bertz CT molecular complexity index is 831. The molecule has 0 bridgehead atoms. The van der Waals surface area contributed by atoms with Crippen molar-refractivity contribution < 1.29 is 13.2 Å². The van der Waals surface area contributed by atoms with Crippen LogP contribution in [-0.2, 0) is 10.0 Å². The van der Waals surface area contributed by atoms with Crippen molar-refractivity contribution in [1.29, 1.82) is 0 Å². The Hall–Kier alpha value is -1.45. The zero-order chi connectivity index (χ0) is 17.2. The van der Waals surface area contributed by atoms with Crippen LogP contribution in [0.15, 0.2) is 47.4 Å². The first kappa shape index (κ1) is 17.9. The minimum absolute atomic E-state index is 0.157. The second-order valence-electron chi connectivity index (χ2n) is 5.23. The summed E-state index contributed by atoms with van der Waals surface area (Å²) in [6, 6.07) is 11.6. The molecule has 0 spiro atoms. The van der Waals surface area contributed by atoms with Crippen LogP contribution >= 0.6 is 22.6 Å². The van der Waals surface area contributed by atoms with Crippen molar-refractivity contribution in [2.45, 2.75) is 11.8 Å². The molecule has 0 radical (unpaired) electrons. The van der Waals surface area contributed by atoms with Gasteiger partial charge >= 0.3 is 0 Å². The lowest BCUT2D eigenvalue weighted by Crippen LogP contribution is -2.22. The molecule has 23 heavy (non-hydrogen) atoms. The molecular weight excluding hydrogens is 427 g/mol. The molecule has 0 aliphatic rings. The molecule has 7 heteroatoms. The summed E-state index contributed by atoms with van der Waals surface area (Å²) in [5, 5.41) is 2.83. The molecule has 0 saturated carbocycles. The third-order valence-electron chi connectivity index (χ3n) is 3.33. The highest BCUT2D eigenvalue weighted by atomic mass is 127. The van der Waals surface area contributed by atoms with Crippen molar-refractivity contribution in [1.82, 2.24) is 4.31 Å². The summed E-state index contributed by atoms with van der Waals surface area (Å²) in [6.45, 7) is 1.92. The largest absolute Gasteiger partial charge is 0.322 e. The number of sulfonamides is 1. The zero-order valence-electron chi connectivity index (χ0n) is 13.0. The fourth-order valence-corrected chi connectivity index (χ4v) is 3.50. The number of amides is 1. The summed E-state index contributed by atoms with van der Waals surface area (Å²) >= 11 is 2.21. The van der Waals surface area contributed by atoms with Gasteiger partial charge in [0.25, 0.3) is 5.91 Å². The van der Waals surface area contributed by atoms with Crippen LogP contribution in [0.1, 0.15) is 15.9 Å². The van der Waals surface area contributed by atoms with Crippen LogP contribution in [0.2, 0.25) is 0 Å². The number of nitrogens with one attached hydrogen (secondary N) is 1. The quantitative estimate of drug-likeness (QED) is 0.738. The van der Waals surface area contributed by atoms with Crippen molar-refractivity contribution in [2.75, 3.05) is 19.4 Å². The maximum atomic E-state index is 12.3. The van der Waals surface area contributed by atoms with Crippen molar-refractivity contribution >= 4 is 44.2 Å². The summed E-state index contributed by atoms with van der Waals surface area (Å²) in [5.74, 6) is -0.275. The number of carbonyl (C=O) groups is 1. The summed E-state index contributed by atoms with van der Waals surface area (Å²) in [7, 11) is -0.553. The molecule has 0 atom stereocenters. The molecule has 2 aromatic rings. The maximum absolute atomic E-state index is 12.3. The zero-order valence-corrected chi connectivity index (χ0v) is 16.0. The Morgan fingerprint density at radius 1 is 1.09 bits per heavy atom. The van der Waals surface area contributed by atoms with E-state index in [-0.39, 0.29) is 10.8 Å². The molecule has 0 unspecified atom stereocenters. The van der Waals surface area contributed by atoms with Crippen molar-refractivity contribution in [2.24, 2.45) is 0 Å². The van der Waals surface area contributed by atoms with E-state index in [1.807, 2.05) is 25.1 Å². The molecule has 2 aromatic carbocycles. The summed E-state index contributed by atoms with van der Waals surface area (Å²) in [5.41, 5.74) is 2.11. The topological polar surface area (TPSA) is 66.5 Å². The minimum Gasteiger partial charge on any atom is -0.322 e. The van der Waals surface area contributed by atoms with Gasteiger partial charge in [-0.05, 0) is 77.5 Å². The molecule has 0 fully saturated rings. The number of hydrogen-bond acceptors (Lipinski definition) is 3. The van der Waals surface area contributed by atoms with E-state index in [1.165, 1.54) is 38.4 Å². The summed E-state index contributed by atoms with van der Waals surface area (Å²) in [6.07, 6.45) is 0. The van der Waals surface area contributed by atoms with Crippen LogP contribution in [0.3, 0.4) is 0 Å². The van der Waals surface area contributed by atoms with Gasteiger partial charge in [0, 0.05) is 28.9 Å². The second-order valence-corrected chi connectivity index (χ2v) is 8.62. The predicted octanol–water partition coefficient (Wildman–Crippen LogP) is 3.10. The monoisotopic (exact) mass is 444 g/mol. The average molecular weight is 444 g/mol. The van der Waals surface area contributed by atoms with Gasteiger partial charge in [0.2, 0.25) is 10.0 Å². The molecule has 1 N–H and O–H groups in total. The molecular formula is C16H17IN2O3S. The van der Waals surface area contributed by atoms with Crippen LogP contribution in [0.5, 0.6) is 0 Å². The van der Waals surface area contributed by atoms with Gasteiger partial charge in [-0.15, -0.1) is 0 Å². The normalized spacial score (nSPS) is 11.5. The number of anilines is 1. The summed E-state index contributed by atoms with van der Waals surface area (Å²) in [4.78, 5) is 12.4. The standard InChI is InChI=1S/C16H17IN2O3S/c1-11-10-13(17)6-9-15(11)18-16(20)12-4-7-14(8-5-12)23(21,22)19(2)3/h4-10H,1-3H3,(H,18,20). The van der Waals surface area contributed by atoms with Gasteiger partial charge in [-0.25, -0.2) is 12.7 Å². The van der Waals surface area contributed by atoms with Gasteiger partial charge in [-0.1, -0.05) is 0 Å². The number of rotatable bonds is 4. The van der Waals surface area contributed by atoms with E-state index in [4.69, 9.17) is 0 Å². The number of halogens is 1. The van der Waals surface area contributed by atoms with E-state index in [9.17, 15) is 13.2 Å². The number of carbonyl (C=O) groups excluding carboxylic acids is 1. The smallest absolute Gasteiger partial charge is 0.255 e. The Labute approximate surface area is 149 Å². The SMILES string of the molecule is Cc1cc(I)ccc1NC(=O)c1ccc(S(=O)(=O)N(C)C)cc1. The van der Waals surface area contributed by atoms with E-state index in [0.29, 0.717) is 5.56 Å². The molecule has 2 rings (SSSR count). The fourth-order valence-electron chi connectivity index (χ4n) is 1.95. The van der Waals surface area contributed by atoms with Gasteiger partial charge in [0.15, 0.2) is 0 Å². The first-order valence-electron chi connectivity index (χ1n) is 6.82. The van der Waals surface area contributed by atoms with Crippen molar-refractivity contribution in [3.63, 3.8) is 0 Å². The van der Waals surface area contributed by atoms with E-state index in [0.717, 1.165) is 19.1 Å². The number of aryl methyl sites for hydroxylation is 1. The van der Waals surface area contributed by atoms with Gasteiger partial charge in [0.1, 0.15) is 0 Å². The number of nitrogens with zero attached hydrogens (tertiary/aromatic N) is 1. The number of hydrogen-bond donors (Lipinski definition) is 1. The Morgan fingerprint density at radius 3 is 2.22 bits per heavy atom. The van der Waals surface area contributed by atoms with E-state index in [1.54, 1.807) is 0 Å². The van der Waals surface area contributed by atoms with Crippen molar-refractivity contribution in [3.05, 3.63) is 57.2 Å². The Balaban J connectivity index is 2.21. The van der Waals surface area contributed by atoms with Gasteiger partial charge in [-0.2, -0.15) is 0 Å². The lowest BCUT2D eigenvalue weighted by Gasteiger charge is -2.12. The number of benzene rings is 2. The van der Waals surface area contributed by atoms with Crippen LogP contribution in [0.25, 0.3) is 0 Å². The third-order valence-corrected chi connectivity index (χ3v) is 5.83. The average Bonchev–Trinajstić information content (AvgIpc) is 2.50. The van der Waals surface area contributed by atoms with Gasteiger partial charge < -0.3 is 5.32 Å². The molecule has 0 saturated heterocycles. The lowest BCUT2D eigenvalue weighted by molar-refractivity contribution is 0.102. The van der Waals surface area contributed by atoms with Gasteiger partial charge in [-0.3, -0.25) is 4.79 Å². The first-order chi connectivity index (χ1) is 10.7. The molecule has 0 heterocycles. The maximum Gasteiger partial charge on any atom is 0.255 e. The Morgan fingerprint density at radius 2 is 1.70 bits per heavy atom. The molecule has 122 valence electrons. The van der Waals surface area contributed by atoms with Crippen LogP contribution in [-0.4, -0.2) is 32.7 Å². The van der Waals surface area contributed by atoms with Gasteiger partial charge in [0.05, 0.1) is 4.90 Å². The van der Waals surface area contributed by atoms with Crippen molar-refractivity contribution in [3.8, 4) is 0 Å². The van der Waals surface area contributed by atoms with Crippen LogP contribution < -0.4 is 5.32 Å². The molecule has 0 aromatic heterocycles. The Kier molecular flexibility index (Phi) is 5.43. The summed E-state index contributed by atoms with van der Waals surface area (Å²) < 4.78 is 26.2. The van der Waals surface area contributed by atoms with Crippen LogP contribution in [0, 0.1) is 10.5 Å². The van der Waals surface area contributed by atoms with E-state index >= 15 is 0 Å². The minimum atomic E-state index is -3.49. The van der Waals surface area contributed by atoms with Crippen LogP contribution in [0.4, 0.5) is 5.69 Å². The van der Waals surface area contributed by atoms with E-state index in [2.05, 4.69) is 27.9 Å². The highest BCUT2D eigenvalue weighted by molar-refractivity contribution is 14.1. The van der Waals surface area contributed by atoms with E-state index < -0.39 is 10.0 Å². The second kappa shape index (κ2) is 6.98. The third kappa shape index (κ3) is 4.10. The highest BCUT2D eigenvalue weighted by Gasteiger charge is 2.17. The fraction of sp³-hybridized carbons (Fsp3) is 0.188. The predicted molar refractivity (Wildman–Crippen MR) is 99.2 cm³/mol. The molecule has 5 nitrogen and oxygen atoms in total. The first-order valence-corrected chi connectivity index (χ1v) is 9.34. The lowest BCUT2D eigenvalue weighted by atomic mass is 10.1. The highest BCUT2D eigenvalue weighted by Crippen LogP contribution is 2.19.